The number of rotatable bonds is 2. The van der Waals surface area contributed by atoms with E-state index in [2.05, 4.69) is 5.32 Å². The first-order valence-electron chi connectivity index (χ1n) is 6.03. The first-order valence-corrected chi connectivity index (χ1v) is 7.58. The van der Waals surface area contributed by atoms with Crippen LogP contribution in [0.5, 0.6) is 0 Å². The van der Waals surface area contributed by atoms with Crippen LogP contribution in [0.1, 0.15) is 24.0 Å². The van der Waals surface area contributed by atoms with Crippen LogP contribution < -0.4 is 5.32 Å². The van der Waals surface area contributed by atoms with E-state index in [1.807, 2.05) is 26.0 Å². The quantitative estimate of drug-likeness (QED) is 0.874. The molecule has 0 aliphatic carbocycles. The summed E-state index contributed by atoms with van der Waals surface area (Å²) in [6.45, 7) is 5.36. The van der Waals surface area contributed by atoms with E-state index in [0.29, 0.717) is 11.4 Å². The maximum absolute atomic E-state index is 12.5. The number of sulfone groups is 1. The third kappa shape index (κ3) is 2.53. The average molecular weight is 253 g/mol. The van der Waals surface area contributed by atoms with Crippen LogP contribution in [0.15, 0.2) is 23.1 Å². The molecular formula is C13H19NO2S. The SMILES string of the molecule is Cc1ccc(S(=O)(=O)C2CCCNC2)c(C)c1. The number of piperidine rings is 1. The molecule has 1 aromatic rings. The lowest BCUT2D eigenvalue weighted by molar-refractivity contribution is 0.496. The van der Waals surface area contributed by atoms with Gasteiger partial charge in [-0.2, -0.15) is 0 Å². The van der Waals surface area contributed by atoms with Crippen molar-refractivity contribution in [1.29, 1.82) is 0 Å². The van der Waals surface area contributed by atoms with Crippen molar-refractivity contribution in [1.82, 2.24) is 5.32 Å². The molecule has 1 fully saturated rings. The first-order chi connectivity index (χ1) is 8.01. The summed E-state index contributed by atoms with van der Waals surface area (Å²) in [6, 6.07) is 5.55. The zero-order chi connectivity index (χ0) is 12.5. The summed E-state index contributed by atoms with van der Waals surface area (Å²) < 4.78 is 25.0. The van der Waals surface area contributed by atoms with Gasteiger partial charge >= 0.3 is 0 Å². The second-order valence-corrected chi connectivity index (χ2v) is 6.98. The maximum Gasteiger partial charge on any atom is 0.182 e. The van der Waals surface area contributed by atoms with E-state index < -0.39 is 9.84 Å². The predicted molar refractivity (Wildman–Crippen MR) is 69.0 cm³/mol. The molecule has 1 heterocycles. The molecule has 3 nitrogen and oxygen atoms in total. The molecule has 0 saturated carbocycles. The van der Waals surface area contributed by atoms with Crippen molar-refractivity contribution in [3.63, 3.8) is 0 Å². The van der Waals surface area contributed by atoms with Crippen LogP contribution in [0.3, 0.4) is 0 Å². The van der Waals surface area contributed by atoms with E-state index >= 15 is 0 Å². The van der Waals surface area contributed by atoms with E-state index in [9.17, 15) is 8.42 Å². The Hall–Kier alpha value is -0.870. The Balaban J connectivity index is 2.37. The molecule has 94 valence electrons. The Morgan fingerprint density at radius 2 is 2.06 bits per heavy atom. The number of hydrogen-bond donors (Lipinski definition) is 1. The minimum Gasteiger partial charge on any atom is -0.315 e. The van der Waals surface area contributed by atoms with Crippen molar-refractivity contribution in [3.05, 3.63) is 29.3 Å². The van der Waals surface area contributed by atoms with E-state index in [0.717, 1.165) is 30.5 Å². The summed E-state index contributed by atoms with van der Waals surface area (Å²) in [4.78, 5) is 0.497. The topological polar surface area (TPSA) is 46.2 Å². The highest BCUT2D eigenvalue weighted by atomic mass is 32.2. The van der Waals surface area contributed by atoms with Crippen molar-refractivity contribution in [2.75, 3.05) is 13.1 Å². The Kier molecular flexibility index (Phi) is 3.54. The molecule has 0 spiro atoms. The first kappa shape index (κ1) is 12.6. The van der Waals surface area contributed by atoms with Crippen molar-refractivity contribution in [2.45, 2.75) is 36.8 Å². The van der Waals surface area contributed by atoms with E-state index in [4.69, 9.17) is 0 Å². The normalized spacial score (nSPS) is 21.4. The third-order valence-electron chi connectivity index (χ3n) is 3.33. The van der Waals surface area contributed by atoms with Crippen molar-refractivity contribution in [3.8, 4) is 0 Å². The molecule has 0 amide bonds. The van der Waals surface area contributed by atoms with Gasteiger partial charge in [-0.3, -0.25) is 0 Å². The number of nitrogens with one attached hydrogen (secondary N) is 1. The Labute approximate surface area is 103 Å². The van der Waals surface area contributed by atoms with Crippen molar-refractivity contribution >= 4 is 9.84 Å². The number of aryl methyl sites for hydroxylation is 2. The lowest BCUT2D eigenvalue weighted by atomic mass is 10.1. The third-order valence-corrected chi connectivity index (χ3v) is 5.68. The van der Waals surface area contributed by atoms with Gasteiger partial charge in [0, 0.05) is 6.54 Å². The van der Waals surface area contributed by atoms with Gasteiger partial charge in [0.1, 0.15) is 0 Å². The number of hydrogen-bond acceptors (Lipinski definition) is 3. The smallest absolute Gasteiger partial charge is 0.182 e. The molecule has 0 aromatic heterocycles. The Morgan fingerprint density at radius 3 is 2.65 bits per heavy atom. The summed E-state index contributed by atoms with van der Waals surface area (Å²) >= 11 is 0. The van der Waals surface area contributed by atoms with Gasteiger partial charge in [0.15, 0.2) is 9.84 Å². The average Bonchev–Trinajstić information content (AvgIpc) is 2.29. The van der Waals surface area contributed by atoms with Gasteiger partial charge in [0.2, 0.25) is 0 Å². The Morgan fingerprint density at radius 1 is 1.29 bits per heavy atom. The van der Waals surface area contributed by atoms with Gasteiger partial charge in [0.25, 0.3) is 0 Å². The second-order valence-electron chi connectivity index (χ2n) is 4.78. The molecule has 1 N–H and O–H groups in total. The van der Waals surface area contributed by atoms with Gasteiger partial charge in [0.05, 0.1) is 10.1 Å². The van der Waals surface area contributed by atoms with Crippen LogP contribution in [0, 0.1) is 13.8 Å². The van der Waals surface area contributed by atoms with Crippen LogP contribution in [0.2, 0.25) is 0 Å². The lowest BCUT2D eigenvalue weighted by Gasteiger charge is -2.23. The summed E-state index contributed by atoms with van der Waals surface area (Å²) in [7, 11) is -3.17. The summed E-state index contributed by atoms with van der Waals surface area (Å²) in [5.74, 6) is 0. The molecule has 1 aromatic carbocycles. The van der Waals surface area contributed by atoms with Crippen LogP contribution in [0.25, 0.3) is 0 Å². The van der Waals surface area contributed by atoms with Gasteiger partial charge in [-0.25, -0.2) is 8.42 Å². The largest absolute Gasteiger partial charge is 0.315 e. The van der Waals surface area contributed by atoms with Crippen molar-refractivity contribution in [2.24, 2.45) is 0 Å². The molecule has 4 heteroatoms. The molecule has 1 saturated heterocycles. The zero-order valence-corrected chi connectivity index (χ0v) is 11.2. The molecule has 2 rings (SSSR count). The Bertz CT molecular complexity index is 502. The van der Waals surface area contributed by atoms with Gasteiger partial charge < -0.3 is 5.32 Å². The van der Waals surface area contributed by atoms with Crippen LogP contribution in [0.4, 0.5) is 0 Å². The summed E-state index contributed by atoms with van der Waals surface area (Å²) in [5, 5.41) is 2.90. The van der Waals surface area contributed by atoms with E-state index in [-0.39, 0.29) is 5.25 Å². The van der Waals surface area contributed by atoms with E-state index in [1.165, 1.54) is 0 Å². The van der Waals surface area contributed by atoms with Gasteiger partial charge in [-0.1, -0.05) is 17.7 Å². The summed E-state index contributed by atoms with van der Waals surface area (Å²) in [5.41, 5.74) is 1.96. The summed E-state index contributed by atoms with van der Waals surface area (Å²) in [6.07, 6.45) is 1.71. The van der Waals surface area contributed by atoms with Crippen LogP contribution >= 0.6 is 0 Å². The minimum absolute atomic E-state index is 0.266. The highest BCUT2D eigenvalue weighted by molar-refractivity contribution is 7.92. The highest BCUT2D eigenvalue weighted by Crippen LogP contribution is 2.24. The predicted octanol–water partition coefficient (Wildman–Crippen LogP) is 1.83. The maximum atomic E-state index is 12.5. The molecule has 1 unspecified atom stereocenters. The fourth-order valence-corrected chi connectivity index (χ4v) is 4.32. The van der Waals surface area contributed by atoms with E-state index in [1.54, 1.807) is 6.07 Å². The molecule has 0 radical (unpaired) electrons. The molecule has 1 aliphatic heterocycles. The fourth-order valence-electron chi connectivity index (χ4n) is 2.38. The van der Waals surface area contributed by atoms with Crippen LogP contribution in [-0.4, -0.2) is 26.8 Å². The molecule has 1 atom stereocenters. The molecule has 17 heavy (non-hydrogen) atoms. The fraction of sp³-hybridized carbons (Fsp3) is 0.538. The van der Waals surface area contributed by atoms with Gasteiger partial charge in [-0.15, -0.1) is 0 Å². The molecular weight excluding hydrogens is 234 g/mol. The lowest BCUT2D eigenvalue weighted by Crippen LogP contribution is -2.39. The second kappa shape index (κ2) is 4.78. The monoisotopic (exact) mass is 253 g/mol. The van der Waals surface area contributed by atoms with Crippen LogP contribution in [-0.2, 0) is 9.84 Å². The van der Waals surface area contributed by atoms with Gasteiger partial charge in [-0.05, 0) is 44.9 Å². The zero-order valence-electron chi connectivity index (χ0n) is 10.4. The number of benzene rings is 1. The highest BCUT2D eigenvalue weighted by Gasteiger charge is 2.29. The molecule has 1 aliphatic rings. The molecule has 0 bridgehead atoms. The van der Waals surface area contributed by atoms with Crippen molar-refractivity contribution < 1.29 is 8.42 Å². The minimum atomic E-state index is -3.17. The standard InChI is InChI=1S/C13H19NO2S/c1-10-5-6-13(11(2)8-10)17(15,16)12-4-3-7-14-9-12/h5-6,8,12,14H,3-4,7,9H2,1-2H3.